The number of aromatic nitrogens is 2. The highest BCUT2D eigenvalue weighted by atomic mass is 35.5. The van der Waals surface area contributed by atoms with E-state index in [2.05, 4.69) is 9.97 Å². The third-order valence-electron chi connectivity index (χ3n) is 2.05. The first kappa shape index (κ1) is 10.8. The van der Waals surface area contributed by atoms with E-state index in [-0.39, 0.29) is 17.3 Å². The Morgan fingerprint density at radius 3 is 2.62 bits per heavy atom. The van der Waals surface area contributed by atoms with Crippen molar-refractivity contribution in [2.45, 2.75) is 5.88 Å². The highest BCUT2D eigenvalue weighted by Gasteiger charge is 2.03. The third kappa shape index (κ3) is 2.28. The van der Waals surface area contributed by atoms with Crippen LogP contribution in [0.25, 0.3) is 11.4 Å². The largest absolute Gasteiger partial charge is 0.307 e. The van der Waals surface area contributed by atoms with Gasteiger partial charge in [-0.15, -0.1) is 11.6 Å². The fraction of sp³-hybridized carbons (Fsp3) is 0.0909. The van der Waals surface area contributed by atoms with E-state index in [0.717, 1.165) is 0 Å². The highest BCUT2D eigenvalue weighted by Crippen LogP contribution is 2.14. The van der Waals surface area contributed by atoms with Crippen molar-refractivity contribution in [3.05, 3.63) is 52.2 Å². The molecule has 0 unspecified atom stereocenters. The molecule has 0 aliphatic carbocycles. The van der Waals surface area contributed by atoms with Gasteiger partial charge in [-0.3, -0.25) is 4.79 Å². The first-order valence-corrected chi connectivity index (χ1v) is 5.14. The number of halogens is 2. The average Bonchev–Trinajstić information content (AvgIpc) is 2.29. The Morgan fingerprint density at radius 1 is 1.31 bits per heavy atom. The zero-order valence-electron chi connectivity index (χ0n) is 8.21. The number of nitrogens with one attached hydrogen (secondary N) is 1. The molecule has 0 bridgehead atoms. The summed E-state index contributed by atoms with van der Waals surface area (Å²) in [5.41, 5.74) is 0.861. The molecule has 0 fully saturated rings. The van der Waals surface area contributed by atoms with Crippen molar-refractivity contribution in [1.29, 1.82) is 0 Å². The van der Waals surface area contributed by atoms with Crippen molar-refractivity contribution < 1.29 is 4.39 Å². The summed E-state index contributed by atoms with van der Waals surface area (Å²) < 4.78 is 12.7. The molecule has 0 amide bonds. The predicted molar refractivity (Wildman–Crippen MR) is 59.8 cm³/mol. The van der Waals surface area contributed by atoms with Crippen LogP contribution < -0.4 is 5.56 Å². The van der Waals surface area contributed by atoms with Crippen LogP contribution in [-0.4, -0.2) is 9.97 Å². The van der Waals surface area contributed by atoms with Gasteiger partial charge in [0, 0.05) is 11.6 Å². The number of benzene rings is 1. The normalized spacial score (nSPS) is 10.4. The number of H-pyrrole nitrogens is 1. The zero-order valence-corrected chi connectivity index (χ0v) is 8.96. The molecule has 16 heavy (non-hydrogen) atoms. The van der Waals surface area contributed by atoms with Gasteiger partial charge in [-0.2, -0.15) is 0 Å². The van der Waals surface area contributed by atoms with Gasteiger partial charge in [-0.1, -0.05) is 0 Å². The van der Waals surface area contributed by atoms with Gasteiger partial charge >= 0.3 is 0 Å². The Kier molecular flexibility index (Phi) is 3.01. The quantitative estimate of drug-likeness (QED) is 0.816. The number of hydrogen-bond acceptors (Lipinski definition) is 2. The van der Waals surface area contributed by atoms with Crippen LogP contribution in [0, 0.1) is 5.82 Å². The lowest BCUT2D eigenvalue weighted by Gasteiger charge is -2.02. The van der Waals surface area contributed by atoms with E-state index in [9.17, 15) is 9.18 Å². The second kappa shape index (κ2) is 4.45. The van der Waals surface area contributed by atoms with Gasteiger partial charge in [0.2, 0.25) is 0 Å². The molecule has 1 aromatic heterocycles. The Balaban J connectivity index is 2.51. The maximum atomic E-state index is 12.7. The predicted octanol–water partition coefficient (Wildman–Crippen LogP) is 2.31. The average molecular weight is 239 g/mol. The van der Waals surface area contributed by atoms with E-state index in [1.807, 2.05) is 0 Å². The summed E-state index contributed by atoms with van der Waals surface area (Å²) in [5.74, 6) is 0.223. The van der Waals surface area contributed by atoms with Crippen LogP contribution in [0.3, 0.4) is 0 Å². The minimum Gasteiger partial charge on any atom is -0.307 e. The van der Waals surface area contributed by atoms with Gasteiger partial charge in [-0.25, -0.2) is 9.37 Å². The molecule has 0 atom stereocenters. The van der Waals surface area contributed by atoms with Crippen LogP contribution in [0.15, 0.2) is 35.1 Å². The minimum atomic E-state index is -0.334. The lowest BCUT2D eigenvalue weighted by atomic mass is 10.2. The first-order chi connectivity index (χ1) is 7.69. The molecule has 0 spiro atoms. The fourth-order valence-electron chi connectivity index (χ4n) is 1.32. The van der Waals surface area contributed by atoms with Gasteiger partial charge in [0.25, 0.3) is 5.56 Å². The molecule has 82 valence electrons. The van der Waals surface area contributed by atoms with E-state index < -0.39 is 0 Å². The summed E-state index contributed by atoms with van der Waals surface area (Å²) in [5, 5.41) is 0. The van der Waals surface area contributed by atoms with Crippen molar-refractivity contribution in [2.24, 2.45) is 0 Å². The van der Waals surface area contributed by atoms with E-state index in [0.29, 0.717) is 17.1 Å². The van der Waals surface area contributed by atoms with Crippen LogP contribution >= 0.6 is 11.6 Å². The lowest BCUT2D eigenvalue weighted by Crippen LogP contribution is -2.09. The van der Waals surface area contributed by atoms with Crippen LogP contribution in [0.4, 0.5) is 4.39 Å². The van der Waals surface area contributed by atoms with Gasteiger partial charge in [0.15, 0.2) is 0 Å². The molecule has 2 aromatic rings. The van der Waals surface area contributed by atoms with E-state index in [1.165, 1.54) is 18.2 Å². The summed E-state index contributed by atoms with van der Waals surface area (Å²) >= 11 is 5.61. The lowest BCUT2D eigenvalue weighted by molar-refractivity contribution is 0.628. The molecule has 0 aliphatic rings. The van der Waals surface area contributed by atoms with Gasteiger partial charge in [0.1, 0.15) is 11.6 Å². The first-order valence-electron chi connectivity index (χ1n) is 4.61. The Bertz CT molecular complexity index is 551. The fourth-order valence-corrected chi connectivity index (χ4v) is 1.46. The molecule has 1 aromatic carbocycles. The summed E-state index contributed by atoms with van der Waals surface area (Å²) in [4.78, 5) is 18.0. The SMILES string of the molecule is O=c1cc(CCl)nc(-c2ccc(F)cc2)[nH]1. The van der Waals surface area contributed by atoms with Crippen LogP contribution in [0.5, 0.6) is 0 Å². The van der Waals surface area contributed by atoms with E-state index in [1.54, 1.807) is 12.1 Å². The second-order valence-corrected chi connectivity index (χ2v) is 3.49. The number of nitrogens with zero attached hydrogens (tertiary/aromatic N) is 1. The maximum absolute atomic E-state index is 12.7. The minimum absolute atomic E-state index is 0.165. The maximum Gasteiger partial charge on any atom is 0.251 e. The number of hydrogen-bond donors (Lipinski definition) is 1. The number of alkyl halides is 1. The van der Waals surface area contributed by atoms with Crippen molar-refractivity contribution in [2.75, 3.05) is 0 Å². The number of aromatic amines is 1. The molecular formula is C11H8ClFN2O. The van der Waals surface area contributed by atoms with Gasteiger partial charge in [0.05, 0.1) is 11.6 Å². The van der Waals surface area contributed by atoms with E-state index in [4.69, 9.17) is 11.6 Å². The highest BCUT2D eigenvalue weighted by molar-refractivity contribution is 6.16. The van der Waals surface area contributed by atoms with Gasteiger partial charge < -0.3 is 4.98 Å². The molecule has 0 aliphatic heterocycles. The summed E-state index contributed by atoms with van der Waals surface area (Å²) in [6, 6.07) is 7.04. The Morgan fingerprint density at radius 2 is 2.00 bits per heavy atom. The molecule has 0 radical (unpaired) electrons. The van der Waals surface area contributed by atoms with Crippen LogP contribution in [-0.2, 0) is 5.88 Å². The summed E-state index contributed by atoms with van der Waals surface area (Å²) in [6.45, 7) is 0. The molecule has 0 saturated heterocycles. The summed E-state index contributed by atoms with van der Waals surface area (Å²) in [7, 11) is 0. The summed E-state index contributed by atoms with van der Waals surface area (Å²) in [6.07, 6.45) is 0. The Hall–Kier alpha value is -1.68. The standard InChI is InChI=1S/C11H8ClFN2O/c12-6-9-5-10(16)15-11(14-9)7-1-3-8(13)4-2-7/h1-5H,6H2,(H,14,15,16). The number of rotatable bonds is 2. The van der Waals surface area contributed by atoms with Crippen molar-refractivity contribution >= 4 is 11.6 Å². The zero-order chi connectivity index (χ0) is 11.5. The molecule has 1 heterocycles. The van der Waals surface area contributed by atoms with Crippen LogP contribution in [0.1, 0.15) is 5.69 Å². The van der Waals surface area contributed by atoms with Crippen molar-refractivity contribution in [3.8, 4) is 11.4 Å². The van der Waals surface area contributed by atoms with Crippen LogP contribution in [0.2, 0.25) is 0 Å². The molecule has 0 saturated carbocycles. The van der Waals surface area contributed by atoms with E-state index >= 15 is 0 Å². The van der Waals surface area contributed by atoms with Crippen molar-refractivity contribution in [3.63, 3.8) is 0 Å². The monoisotopic (exact) mass is 238 g/mol. The Labute approximate surface area is 95.9 Å². The molecule has 3 nitrogen and oxygen atoms in total. The van der Waals surface area contributed by atoms with Crippen molar-refractivity contribution in [1.82, 2.24) is 9.97 Å². The van der Waals surface area contributed by atoms with Gasteiger partial charge in [-0.05, 0) is 24.3 Å². The molecule has 5 heteroatoms. The molecule has 2 rings (SSSR count). The second-order valence-electron chi connectivity index (χ2n) is 3.23. The molecular weight excluding hydrogens is 231 g/mol. The third-order valence-corrected chi connectivity index (χ3v) is 2.32. The smallest absolute Gasteiger partial charge is 0.251 e. The topological polar surface area (TPSA) is 45.8 Å². The molecule has 1 N–H and O–H groups in total.